The van der Waals surface area contributed by atoms with E-state index in [9.17, 15) is 15.0 Å². The number of rotatable bonds is 5. The van der Waals surface area contributed by atoms with Gasteiger partial charge in [-0.3, -0.25) is 0 Å². The van der Waals surface area contributed by atoms with Gasteiger partial charge in [-0.1, -0.05) is 50.2 Å². The van der Waals surface area contributed by atoms with Gasteiger partial charge in [0.1, 0.15) is 0 Å². The lowest BCUT2D eigenvalue weighted by Crippen LogP contribution is -2.58. The van der Waals surface area contributed by atoms with E-state index >= 15 is 0 Å². The summed E-state index contributed by atoms with van der Waals surface area (Å²) in [7, 11) is 2.12. The Labute approximate surface area is 179 Å². The first-order valence-electron chi connectivity index (χ1n) is 10.5. The minimum Gasteiger partial charge on any atom is -0.504 e. The molecule has 30 heavy (non-hydrogen) atoms. The summed E-state index contributed by atoms with van der Waals surface area (Å²) in [5, 5.41) is 22.5. The number of nitrogens with zero attached hydrogens (tertiary/aromatic N) is 2. The number of phenols is 2. The van der Waals surface area contributed by atoms with Crippen LogP contribution in [-0.2, 0) is 6.54 Å². The van der Waals surface area contributed by atoms with Gasteiger partial charge in [0.15, 0.2) is 11.5 Å². The molecule has 1 saturated heterocycles. The Bertz CT molecular complexity index is 869. The number of carbonyl (C=O) groups excluding carboxylic acids is 1. The van der Waals surface area contributed by atoms with Crippen molar-refractivity contribution in [3.8, 4) is 11.5 Å². The van der Waals surface area contributed by atoms with Crippen LogP contribution < -0.4 is 5.32 Å². The Kier molecular flexibility index (Phi) is 6.56. The quantitative estimate of drug-likeness (QED) is 0.648. The van der Waals surface area contributed by atoms with Crippen molar-refractivity contribution in [3.63, 3.8) is 0 Å². The maximum absolute atomic E-state index is 13.4. The Morgan fingerprint density at radius 1 is 1.20 bits per heavy atom. The number of benzene rings is 2. The molecule has 2 atom stereocenters. The van der Waals surface area contributed by atoms with Gasteiger partial charge in [-0.15, -0.1) is 0 Å². The highest BCUT2D eigenvalue weighted by Gasteiger charge is 2.40. The van der Waals surface area contributed by atoms with Gasteiger partial charge >= 0.3 is 6.03 Å². The second-order valence-corrected chi connectivity index (χ2v) is 9.06. The number of urea groups is 1. The van der Waals surface area contributed by atoms with Gasteiger partial charge in [0.25, 0.3) is 0 Å². The van der Waals surface area contributed by atoms with Gasteiger partial charge in [0.05, 0.1) is 6.04 Å². The van der Waals surface area contributed by atoms with Crippen molar-refractivity contribution in [1.82, 2.24) is 15.1 Å². The van der Waals surface area contributed by atoms with Gasteiger partial charge in [0, 0.05) is 19.1 Å². The molecule has 1 aliphatic heterocycles. The van der Waals surface area contributed by atoms with E-state index in [0.29, 0.717) is 6.54 Å². The summed E-state index contributed by atoms with van der Waals surface area (Å²) in [6.45, 7) is 8.74. The van der Waals surface area contributed by atoms with E-state index in [1.54, 1.807) is 6.07 Å². The zero-order chi connectivity index (χ0) is 21.9. The van der Waals surface area contributed by atoms with E-state index in [1.165, 1.54) is 12.1 Å². The van der Waals surface area contributed by atoms with E-state index < -0.39 is 0 Å². The van der Waals surface area contributed by atoms with Crippen molar-refractivity contribution in [1.29, 1.82) is 0 Å². The molecule has 0 aromatic heterocycles. The molecule has 3 rings (SSSR count). The Hall–Kier alpha value is -2.73. The Balaban J connectivity index is 1.83. The maximum atomic E-state index is 13.4. The third-order valence-electron chi connectivity index (χ3n) is 6.04. The van der Waals surface area contributed by atoms with E-state index in [4.69, 9.17) is 0 Å². The molecular weight excluding hydrogens is 378 g/mol. The summed E-state index contributed by atoms with van der Waals surface area (Å²) >= 11 is 0. The SMILES string of the molecule is CC(NC(=O)N(Cc1ccccc1)C1CCN(C)CC1(C)C)c1ccc(O)c(O)c1. The number of amides is 2. The third kappa shape index (κ3) is 5.05. The molecule has 6 heteroatoms. The largest absolute Gasteiger partial charge is 0.504 e. The summed E-state index contributed by atoms with van der Waals surface area (Å²) < 4.78 is 0. The number of likely N-dealkylation sites (tertiary alicyclic amines) is 1. The van der Waals surface area contributed by atoms with Crippen LogP contribution in [0.5, 0.6) is 11.5 Å². The van der Waals surface area contributed by atoms with E-state index in [0.717, 1.165) is 30.6 Å². The number of carbonyl (C=O) groups is 1. The molecule has 1 fully saturated rings. The van der Waals surface area contributed by atoms with Gasteiger partial charge in [-0.2, -0.15) is 0 Å². The molecule has 2 aromatic carbocycles. The van der Waals surface area contributed by atoms with Crippen molar-refractivity contribution in [2.45, 2.75) is 45.8 Å². The first-order chi connectivity index (χ1) is 14.2. The van der Waals surface area contributed by atoms with Crippen molar-refractivity contribution in [2.24, 2.45) is 5.41 Å². The molecule has 0 spiro atoms. The van der Waals surface area contributed by atoms with Crippen LogP contribution in [0.4, 0.5) is 4.79 Å². The fraction of sp³-hybridized carbons (Fsp3) is 0.458. The summed E-state index contributed by atoms with van der Waals surface area (Å²) in [4.78, 5) is 17.7. The zero-order valence-electron chi connectivity index (χ0n) is 18.3. The highest BCUT2D eigenvalue weighted by Crippen LogP contribution is 2.34. The molecule has 1 aliphatic rings. The van der Waals surface area contributed by atoms with Crippen LogP contribution in [0.1, 0.15) is 44.4 Å². The number of hydrogen-bond acceptors (Lipinski definition) is 4. The van der Waals surface area contributed by atoms with Crippen molar-refractivity contribution >= 4 is 6.03 Å². The van der Waals surface area contributed by atoms with E-state index in [2.05, 4.69) is 31.1 Å². The molecule has 162 valence electrons. The Morgan fingerprint density at radius 2 is 1.90 bits per heavy atom. The molecular formula is C24H33N3O3. The number of hydrogen-bond donors (Lipinski definition) is 3. The minimum atomic E-state index is -0.309. The highest BCUT2D eigenvalue weighted by molar-refractivity contribution is 5.75. The Morgan fingerprint density at radius 3 is 2.53 bits per heavy atom. The smallest absolute Gasteiger partial charge is 0.318 e. The molecule has 0 radical (unpaired) electrons. The van der Waals surface area contributed by atoms with Crippen LogP contribution in [0.15, 0.2) is 48.5 Å². The molecule has 2 amide bonds. The zero-order valence-corrected chi connectivity index (χ0v) is 18.3. The van der Waals surface area contributed by atoms with Crippen LogP contribution in [0, 0.1) is 5.41 Å². The monoisotopic (exact) mass is 411 g/mol. The van der Waals surface area contributed by atoms with Gasteiger partial charge in [0.2, 0.25) is 0 Å². The van der Waals surface area contributed by atoms with Crippen LogP contribution in [0.3, 0.4) is 0 Å². The number of piperidine rings is 1. The van der Waals surface area contributed by atoms with Crippen LogP contribution in [0.2, 0.25) is 0 Å². The predicted molar refractivity (Wildman–Crippen MR) is 118 cm³/mol. The van der Waals surface area contributed by atoms with E-state index in [-0.39, 0.29) is 35.0 Å². The van der Waals surface area contributed by atoms with Crippen LogP contribution >= 0.6 is 0 Å². The standard InChI is InChI=1S/C24H33N3O3/c1-17(19-10-11-20(28)21(29)14-19)25-23(30)27(15-18-8-6-5-7-9-18)22-12-13-26(4)16-24(22,2)3/h5-11,14,17,22,28-29H,12-13,15-16H2,1-4H3,(H,25,30). The van der Waals surface area contributed by atoms with Crippen molar-refractivity contribution in [2.75, 3.05) is 20.1 Å². The topological polar surface area (TPSA) is 76.0 Å². The average molecular weight is 412 g/mol. The van der Waals surface area contributed by atoms with Gasteiger partial charge in [-0.25, -0.2) is 4.79 Å². The molecule has 2 unspecified atom stereocenters. The predicted octanol–water partition coefficient (Wildman–Crippen LogP) is 4.10. The third-order valence-corrected chi connectivity index (χ3v) is 6.04. The normalized spacial score (nSPS) is 19.8. The van der Waals surface area contributed by atoms with Crippen LogP contribution in [-0.4, -0.2) is 52.2 Å². The number of nitrogens with one attached hydrogen (secondary N) is 1. The maximum Gasteiger partial charge on any atom is 0.318 e. The highest BCUT2D eigenvalue weighted by atomic mass is 16.3. The van der Waals surface area contributed by atoms with Gasteiger partial charge in [-0.05, 0) is 55.6 Å². The van der Waals surface area contributed by atoms with E-state index in [1.807, 2.05) is 42.2 Å². The molecule has 6 nitrogen and oxygen atoms in total. The lowest BCUT2D eigenvalue weighted by atomic mass is 9.78. The number of aromatic hydroxyl groups is 2. The molecule has 0 aliphatic carbocycles. The second kappa shape index (κ2) is 8.96. The molecule has 2 aromatic rings. The van der Waals surface area contributed by atoms with Gasteiger partial charge < -0.3 is 25.3 Å². The van der Waals surface area contributed by atoms with Crippen LogP contribution in [0.25, 0.3) is 0 Å². The van der Waals surface area contributed by atoms with Crippen molar-refractivity contribution < 1.29 is 15.0 Å². The molecule has 3 N–H and O–H groups in total. The number of phenolic OH excluding ortho intramolecular Hbond substituents is 2. The second-order valence-electron chi connectivity index (χ2n) is 9.06. The fourth-order valence-electron chi connectivity index (χ4n) is 4.46. The van der Waals surface area contributed by atoms with Crippen molar-refractivity contribution in [3.05, 3.63) is 59.7 Å². The first-order valence-corrected chi connectivity index (χ1v) is 10.5. The molecule has 0 bridgehead atoms. The lowest BCUT2D eigenvalue weighted by Gasteiger charge is -2.48. The molecule has 1 heterocycles. The summed E-state index contributed by atoms with van der Waals surface area (Å²) in [6, 6.07) is 14.4. The molecule has 0 saturated carbocycles. The lowest BCUT2D eigenvalue weighted by molar-refractivity contribution is 0.0300. The summed E-state index contributed by atoms with van der Waals surface area (Å²) in [5.74, 6) is -0.359. The average Bonchev–Trinajstić information content (AvgIpc) is 2.68. The summed E-state index contributed by atoms with van der Waals surface area (Å²) in [6.07, 6.45) is 0.915. The summed E-state index contributed by atoms with van der Waals surface area (Å²) in [5.41, 5.74) is 1.79. The fourth-order valence-corrected chi connectivity index (χ4v) is 4.46. The minimum absolute atomic E-state index is 0.0425. The first kappa shape index (κ1) is 22.0.